The number of hydrogen-bond donors (Lipinski definition) is 1. The molecule has 150 valence electrons. The minimum Gasteiger partial charge on any atom is -0.342 e. The summed E-state index contributed by atoms with van der Waals surface area (Å²) in [7, 11) is 0. The summed E-state index contributed by atoms with van der Waals surface area (Å²) in [4.78, 5) is 29.4. The molecule has 1 N–H and O–H groups in total. The van der Waals surface area contributed by atoms with Gasteiger partial charge in [-0.2, -0.15) is 5.10 Å². The molecule has 0 radical (unpaired) electrons. The van der Waals surface area contributed by atoms with Gasteiger partial charge in [-0.1, -0.05) is 39.0 Å². The number of carbonyl (C=O) groups is 2. The molecule has 28 heavy (non-hydrogen) atoms. The molecule has 1 aromatic heterocycles. The van der Waals surface area contributed by atoms with E-state index in [1.165, 1.54) is 0 Å². The molecule has 3 rings (SSSR count). The van der Waals surface area contributed by atoms with Gasteiger partial charge >= 0.3 is 0 Å². The first-order chi connectivity index (χ1) is 13.3. The minimum atomic E-state index is -0.362. The van der Waals surface area contributed by atoms with E-state index in [-0.39, 0.29) is 23.1 Å². The highest BCUT2D eigenvalue weighted by molar-refractivity contribution is 6.06. The van der Waals surface area contributed by atoms with Crippen molar-refractivity contribution in [3.8, 4) is 0 Å². The molecule has 1 aliphatic heterocycles. The fourth-order valence-electron chi connectivity index (χ4n) is 3.82. The van der Waals surface area contributed by atoms with E-state index in [0.29, 0.717) is 25.2 Å². The number of piperidine rings is 1. The summed E-state index contributed by atoms with van der Waals surface area (Å²) in [6, 6.07) is 9.69. The number of carbonyl (C=O) groups excluding carboxylic acids is 2. The second-order valence-electron chi connectivity index (χ2n) is 8.40. The van der Waals surface area contributed by atoms with E-state index in [1.54, 1.807) is 11.1 Å². The van der Waals surface area contributed by atoms with Crippen molar-refractivity contribution < 1.29 is 9.59 Å². The second kappa shape index (κ2) is 8.17. The molecule has 2 heterocycles. The first kappa shape index (κ1) is 20.1. The zero-order valence-corrected chi connectivity index (χ0v) is 17.2. The summed E-state index contributed by atoms with van der Waals surface area (Å²) >= 11 is 0. The smallest absolute Gasteiger partial charge is 0.261 e. The molecule has 6 heteroatoms. The minimum absolute atomic E-state index is 0.0364. The topological polar surface area (TPSA) is 69.3 Å². The Hall–Kier alpha value is -2.63. The Bertz CT molecular complexity index is 815. The maximum atomic E-state index is 13.2. The van der Waals surface area contributed by atoms with Crippen LogP contribution in [0.4, 0.5) is 5.69 Å². The molecular formula is C22H30N4O2. The van der Waals surface area contributed by atoms with E-state index in [9.17, 15) is 9.59 Å². The number of anilines is 1. The lowest BCUT2D eigenvalue weighted by Gasteiger charge is -2.35. The number of benzene rings is 1. The number of rotatable bonds is 4. The first-order valence-corrected chi connectivity index (χ1v) is 10.0. The average molecular weight is 383 g/mol. The van der Waals surface area contributed by atoms with Crippen molar-refractivity contribution in [2.75, 3.05) is 24.5 Å². The lowest BCUT2D eigenvalue weighted by molar-refractivity contribution is -0.140. The summed E-state index contributed by atoms with van der Waals surface area (Å²) in [6.45, 7) is 9.85. The monoisotopic (exact) mass is 382 g/mol. The summed E-state index contributed by atoms with van der Waals surface area (Å²) in [5.74, 6) is 0.360. The standard InChI is InChI=1S/C22H30N4O2/c1-5-26(17-9-7-6-8-10-17)20(27)18-15-23-24-19(18)16-11-13-25(14-12-16)21(28)22(2,3)4/h6-10,15-16H,5,11-14H2,1-4H3,(H,23,24). The number of nitrogens with one attached hydrogen (secondary N) is 1. The third-order valence-corrected chi connectivity index (χ3v) is 5.36. The van der Waals surface area contributed by atoms with Gasteiger partial charge in [0.1, 0.15) is 0 Å². The SMILES string of the molecule is CCN(C(=O)c1cn[nH]c1C1CCN(C(=O)C(C)(C)C)CC1)c1ccccc1. The predicted molar refractivity (Wildman–Crippen MR) is 110 cm³/mol. The van der Waals surface area contributed by atoms with Crippen LogP contribution in [0.5, 0.6) is 0 Å². The quantitative estimate of drug-likeness (QED) is 0.874. The highest BCUT2D eigenvalue weighted by atomic mass is 16.2. The van der Waals surface area contributed by atoms with E-state index in [1.807, 2.05) is 62.9 Å². The van der Waals surface area contributed by atoms with Crippen molar-refractivity contribution >= 4 is 17.5 Å². The first-order valence-electron chi connectivity index (χ1n) is 10.0. The molecule has 1 aromatic carbocycles. The van der Waals surface area contributed by atoms with Crippen LogP contribution in [0.3, 0.4) is 0 Å². The lowest BCUT2D eigenvalue weighted by Crippen LogP contribution is -2.44. The van der Waals surface area contributed by atoms with Crippen LogP contribution in [0.25, 0.3) is 0 Å². The number of para-hydroxylation sites is 1. The van der Waals surface area contributed by atoms with E-state index >= 15 is 0 Å². The van der Waals surface area contributed by atoms with E-state index in [0.717, 1.165) is 24.2 Å². The molecule has 1 fully saturated rings. The Labute approximate surface area is 166 Å². The van der Waals surface area contributed by atoms with Crippen molar-refractivity contribution in [2.24, 2.45) is 5.41 Å². The van der Waals surface area contributed by atoms with Gasteiger partial charge in [-0.15, -0.1) is 0 Å². The Morgan fingerprint density at radius 3 is 2.39 bits per heavy atom. The van der Waals surface area contributed by atoms with E-state index in [4.69, 9.17) is 0 Å². The number of amides is 2. The molecule has 0 spiro atoms. The maximum absolute atomic E-state index is 13.2. The summed E-state index contributed by atoms with van der Waals surface area (Å²) < 4.78 is 0. The van der Waals surface area contributed by atoms with E-state index in [2.05, 4.69) is 10.2 Å². The van der Waals surface area contributed by atoms with Crippen LogP contribution in [-0.2, 0) is 4.79 Å². The molecule has 1 saturated heterocycles. The van der Waals surface area contributed by atoms with Gasteiger partial charge in [-0.25, -0.2) is 0 Å². The summed E-state index contributed by atoms with van der Waals surface area (Å²) in [5, 5.41) is 7.23. The fourth-order valence-corrected chi connectivity index (χ4v) is 3.82. The van der Waals surface area contributed by atoms with Crippen LogP contribution < -0.4 is 4.90 Å². The number of H-pyrrole nitrogens is 1. The van der Waals surface area contributed by atoms with Crippen molar-refractivity contribution in [3.63, 3.8) is 0 Å². The molecule has 0 unspecified atom stereocenters. The van der Waals surface area contributed by atoms with Gasteiger partial charge < -0.3 is 9.80 Å². The van der Waals surface area contributed by atoms with Crippen LogP contribution in [0, 0.1) is 5.41 Å². The number of hydrogen-bond acceptors (Lipinski definition) is 3. The number of likely N-dealkylation sites (tertiary alicyclic amines) is 1. The normalized spacial score (nSPS) is 15.5. The zero-order chi connectivity index (χ0) is 20.3. The number of aromatic amines is 1. The van der Waals surface area contributed by atoms with Gasteiger partial charge in [0.05, 0.1) is 17.5 Å². The molecule has 0 aliphatic carbocycles. The number of aromatic nitrogens is 2. The fraction of sp³-hybridized carbons (Fsp3) is 0.500. The van der Waals surface area contributed by atoms with E-state index < -0.39 is 0 Å². The third kappa shape index (κ3) is 4.11. The third-order valence-electron chi connectivity index (χ3n) is 5.36. The van der Waals surface area contributed by atoms with Crippen LogP contribution in [0.2, 0.25) is 0 Å². The second-order valence-corrected chi connectivity index (χ2v) is 8.40. The molecule has 6 nitrogen and oxygen atoms in total. The van der Waals surface area contributed by atoms with Gasteiger partial charge in [0, 0.05) is 36.7 Å². The molecule has 1 aliphatic rings. The van der Waals surface area contributed by atoms with Crippen molar-refractivity contribution in [1.82, 2.24) is 15.1 Å². The Morgan fingerprint density at radius 2 is 1.82 bits per heavy atom. The molecule has 0 atom stereocenters. The summed E-state index contributed by atoms with van der Waals surface area (Å²) in [5.41, 5.74) is 2.04. The Kier molecular flexibility index (Phi) is 5.87. The summed E-state index contributed by atoms with van der Waals surface area (Å²) in [6.07, 6.45) is 3.31. The molecule has 2 aromatic rings. The Morgan fingerprint density at radius 1 is 1.18 bits per heavy atom. The zero-order valence-electron chi connectivity index (χ0n) is 17.2. The van der Waals surface area contributed by atoms with Crippen molar-refractivity contribution in [1.29, 1.82) is 0 Å². The molecule has 0 bridgehead atoms. The molecular weight excluding hydrogens is 352 g/mol. The molecule has 0 saturated carbocycles. The highest BCUT2D eigenvalue weighted by Gasteiger charge is 2.33. The Balaban J connectivity index is 1.74. The highest BCUT2D eigenvalue weighted by Crippen LogP contribution is 2.31. The van der Waals surface area contributed by atoms with Crippen LogP contribution in [0.1, 0.15) is 62.5 Å². The maximum Gasteiger partial charge on any atom is 0.261 e. The number of nitrogens with zero attached hydrogens (tertiary/aromatic N) is 3. The van der Waals surface area contributed by atoms with Gasteiger partial charge in [0.2, 0.25) is 5.91 Å². The largest absolute Gasteiger partial charge is 0.342 e. The van der Waals surface area contributed by atoms with Crippen LogP contribution in [-0.4, -0.2) is 46.5 Å². The molecule has 2 amide bonds. The van der Waals surface area contributed by atoms with Gasteiger partial charge in [0.25, 0.3) is 5.91 Å². The average Bonchev–Trinajstić information content (AvgIpc) is 3.18. The van der Waals surface area contributed by atoms with Crippen molar-refractivity contribution in [3.05, 3.63) is 47.8 Å². The van der Waals surface area contributed by atoms with Crippen LogP contribution >= 0.6 is 0 Å². The van der Waals surface area contributed by atoms with Crippen molar-refractivity contribution in [2.45, 2.75) is 46.5 Å². The van der Waals surface area contributed by atoms with Crippen LogP contribution in [0.15, 0.2) is 36.5 Å². The lowest BCUT2D eigenvalue weighted by atomic mass is 9.88. The van der Waals surface area contributed by atoms with Gasteiger partial charge in [-0.3, -0.25) is 14.7 Å². The van der Waals surface area contributed by atoms with Gasteiger partial charge in [-0.05, 0) is 31.9 Å². The van der Waals surface area contributed by atoms with Gasteiger partial charge in [0.15, 0.2) is 0 Å². The predicted octanol–water partition coefficient (Wildman–Crippen LogP) is 3.83.